The number of furan rings is 1. The Labute approximate surface area is 118 Å². The molecule has 0 aliphatic heterocycles. The van der Waals surface area contributed by atoms with Crippen molar-refractivity contribution in [2.75, 3.05) is 11.9 Å². The van der Waals surface area contributed by atoms with Crippen LogP contribution in [0.3, 0.4) is 0 Å². The van der Waals surface area contributed by atoms with E-state index in [-0.39, 0.29) is 24.4 Å². The van der Waals surface area contributed by atoms with Crippen molar-refractivity contribution >= 4 is 17.5 Å². The summed E-state index contributed by atoms with van der Waals surface area (Å²) >= 11 is 0. The summed E-state index contributed by atoms with van der Waals surface area (Å²) in [6, 6.07) is 6.53. The van der Waals surface area contributed by atoms with E-state index < -0.39 is 23.4 Å². The second-order valence-corrected chi connectivity index (χ2v) is 4.13. The molecule has 21 heavy (non-hydrogen) atoms. The summed E-state index contributed by atoms with van der Waals surface area (Å²) in [6.45, 7) is 0.0439. The van der Waals surface area contributed by atoms with Crippen molar-refractivity contribution in [2.45, 2.75) is 6.42 Å². The van der Waals surface area contributed by atoms with E-state index >= 15 is 0 Å². The predicted molar refractivity (Wildman–Crippen MR) is 70.6 cm³/mol. The van der Waals surface area contributed by atoms with E-state index in [1.54, 1.807) is 6.07 Å². The van der Waals surface area contributed by atoms with Crippen molar-refractivity contribution in [2.24, 2.45) is 0 Å². The van der Waals surface area contributed by atoms with Gasteiger partial charge >= 0.3 is 0 Å². The molecule has 0 radical (unpaired) electrons. The first-order valence-electron chi connectivity index (χ1n) is 6.13. The van der Waals surface area contributed by atoms with Crippen molar-refractivity contribution in [1.82, 2.24) is 5.32 Å². The maximum absolute atomic E-state index is 13.3. The molecule has 5 nitrogen and oxygen atoms in total. The van der Waals surface area contributed by atoms with Gasteiger partial charge in [-0.2, -0.15) is 0 Å². The Balaban J connectivity index is 1.80. The molecule has 0 aliphatic rings. The third kappa shape index (κ3) is 3.88. The second kappa shape index (κ2) is 6.65. The zero-order valence-electron chi connectivity index (χ0n) is 10.9. The quantitative estimate of drug-likeness (QED) is 0.889. The Hall–Kier alpha value is -2.70. The van der Waals surface area contributed by atoms with Gasteiger partial charge in [-0.3, -0.25) is 9.59 Å². The van der Waals surface area contributed by atoms with Crippen LogP contribution in [0.25, 0.3) is 0 Å². The van der Waals surface area contributed by atoms with Crippen LogP contribution >= 0.6 is 0 Å². The summed E-state index contributed by atoms with van der Waals surface area (Å²) in [4.78, 5) is 23.1. The van der Waals surface area contributed by atoms with Crippen molar-refractivity contribution in [3.63, 3.8) is 0 Å². The van der Waals surface area contributed by atoms with E-state index in [2.05, 4.69) is 10.6 Å². The lowest BCUT2D eigenvalue weighted by Crippen LogP contribution is -2.27. The molecule has 2 rings (SSSR count). The first kappa shape index (κ1) is 14.7. The standard InChI is InChI=1S/C14H12F2N2O3/c15-9-3-1-4-10(13(9)16)18-12(19)6-7-17-14(20)11-5-2-8-21-11/h1-5,8H,6-7H2,(H,17,20)(H,18,19). The molecule has 2 N–H and O–H groups in total. The molecule has 0 saturated heterocycles. The van der Waals surface area contributed by atoms with Crippen LogP contribution in [0.15, 0.2) is 41.0 Å². The highest BCUT2D eigenvalue weighted by atomic mass is 19.2. The molecule has 7 heteroatoms. The van der Waals surface area contributed by atoms with Gasteiger partial charge < -0.3 is 15.1 Å². The Kier molecular flexibility index (Phi) is 4.65. The number of nitrogens with one attached hydrogen (secondary N) is 2. The summed E-state index contributed by atoms with van der Waals surface area (Å²) in [5.74, 6) is -3.03. The third-order valence-corrected chi connectivity index (χ3v) is 2.61. The molecular formula is C14H12F2N2O3. The molecule has 1 heterocycles. The van der Waals surface area contributed by atoms with Gasteiger partial charge in [0.15, 0.2) is 17.4 Å². The molecule has 2 aromatic rings. The maximum atomic E-state index is 13.3. The largest absolute Gasteiger partial charge is 0.459 e. The highest BCUT2D eigenvalue weighted by molar-refractivity contribution is 5.93. The van der Waals surface area contributed by atoms with Crippen LogP contribution in [0.5, 0.6) is 0 Å². The van der Waals surface area contributed by atoms with Gasteiger partial charge in [0.2, 0.25) is 5.91 Å². The van der Waals surface area contributed by atoms with Crippen LogP contribution in [0.4, 0.5) is 14.5 Å². The van der Waals surface area contributed by atoms with E-state index in [4.69, 9.17) is 4.42 Å². The minimum atomic E-state index is -1.12. The van der Waals surface area contributed by atoms with Crippen molar-refractivity contribution < 1.29 is 22.8 Å². The fourth-order valence-corrected chi connectivity index (χ4v) is 1.60. The minimum absolute atomic E-state index is 0.0439. The van der Waals surface area contributed by atoms with Crippen molar-refractivity contribution in [3.8, 4) is 0 Å². The van der Waals surface area contributed by atoms with Crippen LogP contribution in [0.1, 0.15) is 17.0 Å². The number of carbonyl (C=O) groups is 2. The molecule has 1 aromatic carbocycles. The number of anilines is 1. The van der Waals surface area contributed by atoms with Crippen LogP contribution < -0.4 is 10.6 Å². The molecule has 0 spiro atoms. The van der Waals surface area contributed by atoms with Gasteiger partial charge in [0.1, 0.15) is 0 Å². The Morgan fingerprint density at radius 2 is 1.95 bits per heavy atom. The van der Waals surface area contributed by atoms with Crippen molar-refractivity contribution in [1.29, 1.82) is 0 Å². The highest BCUT2D eigenvalue weighted by Gasteiger charge is 2.12. The van der Waals surface area contributed by atoms with E-state index in [1.165, 1.54) is 24.5 Å². The molecule has 0 bridgehead atoms. The number of carbonyl (C=O) groups excluding carboxylic acids is 2. The third-order valence-electron chi connectivity index (χ3n) is 2.61. The van der Waals surface area contributed by atoms with E-state index in [0.717, 1.165) is 6.07 Å². The monoisotopic (exact) mass is 294 g/mol. The average molecular weight is 294 g/mol. The summed E-state index contributed by atoms with van der Waals surface area (Å²) in [6.07, 6.45) is 1.27. The first-order valence-corrected chi connectivity index (χ1v) is 6.13. The van der Waals surface area contributed by atoms with E-state index in [9.17, 15) is 18.4 Å². The lowest BCUT2D eigenvalue weighted by atomic mass is 10.2. The topological polar surface area (TPSA) is 71.3 Å². The number of hydrogen-bond acceptors (Lipinski definition) is 3. The summed E-state index contributed by atoms with van der Waals surface area (Å²) < 4.78 is 31.2. The maximum Gasteiger partial charge on any atom is 0.286 e. The summed E-state index contributed by atoms with van der Waals surface area (Å²) in [5, 5.41) is 4.70. The molecule has 0 atom stereocenters. The molecule has 1 aromatic heterocycles. The van der Waals surface area contributed by atoms with Crippen LogP contribution in [-0.2, 0) is 4.79 Å². The normalized spacial score (nSPS) is 10.2. The smallest absolute Gasteiger partial charge is 0.286 e. The Morgan fingerprint density at radius 3 is 2.67 bits per heavy atom. The Bertz CT molecular complexity index is 642. The molecule has 0 aliphatic carbocycles. The minimum Gasteiger partial charge on any atom is -0.459 e. The van der Waals surface area contributed by atoms with Crippen LogP contribution in [0, 0.1) is 11.6 Å². The summed E-state index contributed by atoms with van der Waals surface area (Å²) in [7, 11) is 0. The molecule has 0 fully saturated rings. The molecule has 0 saturated carbocycles. The van der Waals surface area contributed by atoms with Gasteiger partial charge in [0.05, 0.1) is 12.0 Å². The van der Waals surface area contributed by atoms with Gasteiger partial charge in [0.25, 0.3) is 5.91 Å². The number of hydrogen-bond donors (Lipinski definition) is 2. The molecule has 2 amide bonds. The van der Waals surface area contributed by atoms with E-state index in [1.807, 2.05) is 0 Å². The zero-order chi connectivity index (χ0) is 15.2. The number of benzene rings is 1. The van der Waals surface area contributed by atoms with Crippen molar-refractivity contribution in [3.05, 3.63) is 54.0 Å². The number of halogens is 2. The van der Waals surface area contributed by atoms with Gasteiger partial charge in [-0.25, -0.2) is 8.78 Å². The van der Waals surface area contributed by atoms with Crippen LogP contribution in [-0.4, -0.2) is 18.4 Å². The summed E-state index contributed by atoms with van der Waals surface area (Å²) in [5.41, 5.74) is -0.239. The van der Waals surface area contributed by atoms with E-state index in [0.29, 0.717) is 0 Å². The fourth-order valence-electron chi connectivity index (χ4n) is 1.60. The Morgan fingerprint density at radius 1 is 1.14 bits per heavy atom. The van der Waals surface area contributed by atoms with Gasteiger partial charge in [0, 0.05) is 13.0 Å². The highest BCUT2D eigenvalue weighted by Crippen LogP contribution is 2.16. The van der Waals surface area contributed by atoms with Gasteiger partial charge in [-0.05, 0) is 24.3 Å². The fraction of sp³-hybridized carbons (Fsp3) is 0.143. The number of amides is 2. The number of rotatable bonds is 5. The zero-order valence-corrected chi connectivity index (χ0v) is 10.9. The predicted octanol–water partition coefficient (Wildman–Crippen LogP) is 2.32. The van der Waals surface area contributed by atoms with Crippen LogP contribution in [0.2, 0.25) is 0 Å². The first-order chi connectivity index (χ1) is 10.1. The second-order valence-electron chi connectivity index (χ2n) is 4.13. The molecule has 0 unspecified atom stereocenters. The average Bonchev–Trinajstić information content (AvgIpc) is 2.98. The van der Waals surface area contributed by atoms with Gasteiger partial charge in [-0.15, -0.1) is 0 Å². The van der Waals surface area contributed by atoms with Gasteiger partial charge in [-0.1, -0.05) is 6.07 Å². The molecular weight excluding hydrogens is 282 g/mol. The SMILES string of the molecule is O=C(CCNC(=O)c1ccco1)Nc1cccc(F)c1F. The molecule has 110 valence electrons. The lowest BCUT2D eigenvalue weighted by Gasteiger charge is -2.07. The lowest BCUT2D eigenvalue weighted by molar-refractivity contribution is -0.116.